The first-order valence-corrected chi connectivity index (χ1v) is 8.92. The molecule has 1 aliphatic carbocycles. The molecule has 1 aromatic rings. The highest BCUT2D eigenvalue weighted by molar-refractivity contribution is 9.10. The number of halogens is 1. The van der Waals surface area contributed by atoms with Crippen LogP contribution in [0.3, 0.4) is 0 Å². The van der Waals surface area contributed by atoms with Gasteiger partial charge < -0.3 is 10.2 Å². The summed E-state index contributed by atoms with van der Waals surface area (Å²) in [5.74, 6) is 1.00. The molecule has 0 spiro atoms. The Morgan fingerprint density at radius 2 is 1.95 bits per heavy atom. The van der Waals surface area contributed by atoms with Crippen LogP contribution in [0.5, 0.6) is 0 Å². The number of carbonyl (C=O) groups is 1. The van der Waals surface area contributed by atoms with Crippen LogP contribution in [0.15, 0.2) is 28.7 Å². The molecule has 1 saturated heterocycles. The quantitative estimate of drug-likeness (QED) is 0.862. The predicted octanol–water partition coefficient (Wildman–Crippen LogP) is 2.63. The second-order valence-corrected chi connectivity index (χ2v) is 7.26. The molecule has 0 aromatic heterocycles. The van der Waals surface area contributed by atoms with Crippen molar-refractivity contribution >= 4 is 27.5 Å². The van der Waals surface area contributed by atoms with Crippen LogP contribution in [0.4, 0.5) is 5.69 Å². The molecule has 21 heavy (non-hydrogen) atoms. The number of amides is 1. The molecule has 1 amide bonds. The molecule has 2 aliphatic rings. The van der Waals surface area contributed by atoms with E-state index in [2.05, 4.69) is 21.2 Å². The normalized spacial score (nSPS) is 28.7. The van der Waals surface area contributed by atoms with Gasteiger partial charge in [0.2, 0.25) is 0 Å². The number of anilines is 1. The van der Waals surface area contributed by atoms with Gasteiger partial charge in [-0.05, 0) is 60.2 Å². The highest BCUT2D eigenvalue weighted by atomic mass is 79.9. The molecule has 1 aromatic carbocycles. The molecule has 0 bridgehead atoms. The van der Waals surface area contributed by atoms with Gasteiger partial charge in [-0.25, -0.2) is 0 Å². The number of likely N-dealkylation sites (tertiary alicyclic amines) is 1. The van der Waals surface area contributed by atoms with Gasteiger partial charge in [-0.1, -0.05) is 18.6 Å². The number of nitrogens with one attached hydrogen (secondary N) is 2. The van der Waals surface area contributed by atoms with Crippen molar-refractivity contribution in [1.29, 1.82) is 0 Å². The molecule has 2 N–H and O–H groups in total. The number of carbonyl (C=O) groups excluding carboxylic acids is 1. The second kappa shape index (κ2) is 6.93. The average molecular weight is 352 g/mol. The Kier molecular flexibility index (Phi) is 4.96. The van der Waals surface area contributed by atoms with Crippen molar-refractivity contribution in [3.8, 4) is 0 Å². The van der Waals surface area contributed by atoms with Crippen LogP contribution in [-0.4, -0.2) is 25.0 Å². The molecule has 4 heteroatoms. The molecule has 114 valence electrons. The van der Waals surface area contributed by atoms with Gasteiger partial charge in [0.05, 0.1) is 18.3 Å². The van der Waals surface area contributed by atoms with Gasteiger partial charge in [0, 0.05) is 10.4 Å². The van der Waals surface area contributed by atoms with Gasteiger partial charge in [0.1, 0.15) is 0 Å². The van der Waals surface area contributed by atoms with Crippen LogP contribution in [0.25, 0.3) is 0 Å². The maximum Gasteiger partial charge on any atom is 0.279 e. The Hall–Kier alpha value is -0.870. The van der Waals surface area contributed by atoms with Crippen LogP contribution in [0.1, 0.15) is 38.5 Å². The smallest absolute Gasteiger partial charge is 0.279 e. The highest BCUT2D eigenvalue weighted by Gasteiger charge is 2.37. The first kappa shape index (κ1) is 15.0. The lowest BCUT2D eigenvalue weighted by Crippen LogP contribution is -3.18. The van der Waals surface area contributed by atoms with Gasteiger partial charge in [-0.15, -0.1) is 0 Å². The topological polar surface area (TPSA) is 33.5 Å². The van der Waals surface area contributed by atoms with Crippen molar-refractivity contribution < 1.29 is 9.69 Å². The Balaban J connectivity index is 1.60. The Morgan fingerprint density at radius 1 is 1.19 bits per heavy atom. The first-order valence-electron chi connectivity index (χ1n) is 8.13. The minimum absolute atomic E-state index is 0.142. The van der Waals surface area contributed by atoms with E-state index in [1.807, 2.05) is 24.3 Å². The molecule has 3 rings (SSSR count). The van der Waals surface area contributed by atoms with Crippen molar-refractivity contribution in [2.24, 2.45) is 5.92 Å². The largest absolute Gasteiger partial charge is 0.324 e. The fourth-order valence-electron chi connectivity index (χ4n) is 4.05. The van der Waals surface area contributed by atoms with Gasteiger partial charge in [0.25, 0.3) is 5.91 Å². The van der Waals surface area contributed by atoms with Crippen molar-refractivity contribution in [2.45, 2.75) is 44.6 Å². The number of benzene rings is 1. The van der Waals surface area contributed by atoms with E-state index in [9.17, 15) is 4.79 Å². The number of hydrogen-bond acceptors (Lipinski definition) is 1. The summed E-state index contributed by atoms with van der Waals surface area (Å²) in [6, 6.07) is 8.53. The van der Waals surface area contributed by atoms with E-state index < -0.39 is 0 Å². The molecule has 3 atom stereocenters. The van der Waals surface area contributed by atoms with Crippen LogP contribution in [-0.2, 0) is 4.79 Å². The summed E-state index contributed by atoms with van der Waals surface area (Å²) in [6.45, 7) is 1.77. The molecule has 1 aliphatic heterocycles. The predicted molar refractivity (Wildman–Crippen MR) is 88.4 cm³/mol. The Labute approximate surface area is 135 Å². The van der Waals surface area contributed by atoms with Gasteiger partial charge >= 0.3 is 0 Å². The lowest BCUT2D eigenvalue weighted by molar-refractivity contribution is -0.928. The first-order chi connectivity index (χ1) is 10.2. The Morgan fingerprint density at radius 3 is 2.81 bits per heavy atom. The number of fused-ring (bicyclic) bond motifs is 1. The molecule has 0 radical (unpaired) electrons. The van der Waals surface area contributed by atoms with E-state index in [1.54, 1.807) is 0 Å². The standard InChI is InChI=1S/C17H23BrN2O/c18-14-8-2-3-9-15(14)19-17(21)12-20-11-5-7-13-6-1-4-10-16(13)20/h2-3,8-9,13,16H,1,4-7,10-12H2,(H,19,21)/p+1/t13-,16+/m1/s1. The van der Waals surface area contributed by atoms with E-state index in [0.29, 0.717) is 6.54 Å². The molecule has 3 nitrogen and oxygen atoms in total. The Bertz CT molecular complexity index is 503. The lowest BCUT2D eigenvalue weighted by Gasteiger charge is -2.40. The number of para-hydroxylation sites is 1. The molecule has 2 fully saturated rings. The van der Waals surface area contributed by atoms with Crippen molar-refractivity contribution in [3.63, 3.8) is 0 Å². The molecular formula is C17H24BrN2O+. The third-order valence-electron chi connectivity index (χ3n) is 5.04. The maximum atomic E-state index is 12.4. The maximum absolute atomic E-state index is 12.4. The van der Waals surface area contributed by atoms with E-state index in [1.165, 1.54) is 43.4 Å². The van der Waals surface area contributed by atoms with E-state index in [0.717, 1.165) is 28.7 Å². The van der Waals surface area contributed by atoms with Crippen molar-refractivity contribution in [3.05, 3.63) is 28.7 Å². The second-order valence-electron chi connectivity index (χ2n) is 6.41. The minimum Gasteiger partial charge on any atom is -0.324 e. The molecule has 1 unspecified atom stereocenters. The van der Waals surface area contributed by atoms with Gasteiger partial charge in [-0.2, -0.15) is 0 Å². The summed E-state index contributed by atoms with van der Waals surface area (Å²) < 4.78 is 0.947. The summed E-state index contributed by atoms with van der Waals surface area (Å²) in [6.07, 6.45) is 8.06. The SMILES string of the molecule is O=C(C[NH+]1CCC[C@H]2CCCC[C@@H]21)Nc1ccccc1Br. The number of piperidine rings is 1. The third-order valence-corrected chi connectivity index (χ3v) is 5.73. The van der Waals surface area contributed by atoms with E-state index in [-0.39, 0.29) is 5.91 Å². The zero-order valence-corrected chi connectivity index (χ0v) is 14.0. The van der Waals surface area contributed by atoms with E-state index >= 15 is 0 Å². The molecular weight excluding hydrogens is 328 g/mol. The van der Waals surface area contributed by atoms with E-state index in [4.69, 9.17) is 0 Å². The van der Waals surface area contributed by atoms with Crippen molar-refractivity contribution in [1.82, 2.24) is 0 Å². The average Bonchev–Trinajstić information content (AvgIpc) is 2.50. The number of quaternary nitrogens is 1. The highest BCUT2D eigenvalue weighted by Crippen LogP contribution is 2.28. The molecule has 1 saturated carbocycles. The fraction of sp³-hybridized carbons (Fsp3) is 0.588. The summed E-state index contributed by atoms with van der Waals surface area (Å²) in [5, 5.41) is 3.05. The van der Waals surface area contributed by atoms with Crippen LogP contribution < -0.4 is 10.2 Å². The summed E-state index contributed by atoms with van der Waals surface area (Å²) in [4.78, 5) is 13.9. The third kappa shape index (κ3) is 3.67. The summed E-state index contributed by atoms with van der Waals surface area (Å²) >= 11 is 3.48. The zero-order chi connectivity index (χ0) is 14.7. The van der Waals surface area contributed by atoms with Gasteiger partial charge in [0.15, 0.2) is 6.54 Å². The fourth-order valence-corrected chi connectivity index (χ4v) is 4.43. The summed E-state index contributed by atoms with van der Waals surface area (Å²) in [7, 11) is 0. The summed E-state index contributed by atoms with van der Waals surface area (Å²) in [5.41, 5.74) is 0.874. The minimum atomic E-state index is 0.142. The zero-order valence-electron chi connectivity index (χ0n) is 12.4. The monoisotopic (exact) mass is 351 g/mol. The van der Waals surface area contributed by atoms with Gasteiger partial charge in [-0.3, -0.25) is 4.79 Å². The van der Waals surface area contributed by atoms with Crippen LogP contribution in [0.2, 0.25) is 0 Å². The number of rotatable bonds is 3. The molecule has 1 heterocycles. The van der Waals surface area contributed by atoms with Crippen molar-refractivity contribution in [2.75, 3.05) is 18.4 Å². The lowest BCUT2D eigenvalue weighted by atomic mass is 9.78. The van der Waals surface area contributed by atoms with Crippen LogP contribution >= 0.6 is 15.9 Å². The van der Waals surface area contributed by atoms with Crippen LogP contribution in [0, 0.1) is 5.92 Å². The number of hydrogen-bond donors (Lipinski definition) is 2.